The number of para-hydroxylation sites is 1. The Balaban J connectivity index is 1.66. The molecule has 1 N–H and O–H groups in total. The predicted molar refractivity (Wildman–Crippen MR) is 112 cm³/mol. The van der Waals surface area contributed by atoms with Crippen molar-refractivity contribution in [3.63, 3.8) is 0 Å². The minimum Gasteiger partial charge on any atom is -0.351 e. The summed E-state index contributed by atoms with van der Waals surface area (Å²) in [6, 6.07) is 16.8. The second kappa shape index (κ2) is 9.37. The normalized spacial score (nSPS) is 14.3. The van der Waals surface area contributed by atoms with Gasteiger partial charge in [-0.2, -0.15) is 0 Å². The summed E-state index contributed by atoms with van der Waals surface area (Å²) in [7, 11) is 0. The quantitative estimate of drug-likeness (QED) is 0.475. The van der Waals surface area contributed by atoms with Crippen LogP contribution in [0.25, 0.3) is 0 Å². The molecule has 0 spiro atoms. The molecule has 3 rings (SSSR count). The number of benzene rings is 2. The van der Waals surface area contributed by atoms with Gasteiger partial charge in [0.05, 0.1) is 11.4 Å². The van der Waals surface area contributed by atoms with Crippen molar-refractivity contribution in [2.45, 2.75) is 19.8 Å². The topological polar surface area (TPSA) is 61.8 Å². The highest BCUT2D eigenvalue weighted by Gasteiger charge is 2.18. The second-order valence-electron chi connectivity index (χ2n) is 6.39. The van der Waals surface area contributed by atoms with Gasteiger partial charge >= 0.3 is 0 Å². The van der Waals surface area contributed by atoms with Gasteiger partial charge in [-0.05, 0) is 49.2 Å². The summed E-state index contributed by atoms with van der Waals surface area (Å²) in [5.41, 5.74) is 2.23. The van der Waals surface area contributed by atoms with Crippen molar-refractivity contribution in [1.82, 2.24) is 4.90 Å². The van der Waals surface area contributed by atoms with Gasteiger partial charge in [0.1, 0.15) is 0 Å². The smallest absolute Gasteiger partial charge is 0.221 e. The molecule has 0 saturated carbocycles. The molecule has 0 atom stereocenters. The van der Waals surface area contributed by atoms with Crippen molar-refractivity contribution in [2.75, 3.05) is 24.2 Å². The van der Waals surface area contributed by atoms with Crippen LogP contribution in [0.3, 0.4) is 0 Å². The molecule has 0 bridgehead atoms. The zero-order valence-corrected chi connectivity index (χ0v) is 16.2. The first-order valence-corrected chi connectivity index (χ1v) is 10.0. The van der Waals surface area contributed by atoms with Crippen molar-refractivity contribution < 1.29 is 9.59 Å². The Kier molecular flexibility index (Phi) is 6.65. The highest BCUT2D eigenvalue weighted by molar-refractivity contribution is 8.14. The molecule has 0 aliphatic carbocycles. The van der Waals surface area contributed by atoms with E-state index in [9.17, 15) is 9.59 Å². The first kappa shape index (κ1) is 19.2. The zero-order valence-electron chi connectivity index (χ0n) is 15.4. The molecule has 1 aliphatic heterocycles. The van der Waals surface area contributed by atoms with E-state index < -0.39 is 0 Å². The average Bonchev–Trinajstić information content (AvgIpc) is 3.20. The first-order chi connectivity index (χ1) is 13.1. The molecular weight excluding hydrogens is 358 g/mol. The minimum atomic E-state index is -0.128. The monoisotopic (exact) mass is 381 g/mol. The number of nitrogens with zero attached hydrogens (tertiary/aromatic N) is 2. The molecule has 0 unspecified atom stereocenters. The molecular formula is C21H23N3O2S. The third-order valence-corrected chi connectivity index (χ3v) is 5.23. The van der Waals surface area contributed by atoms with Crippen molar-refractivity contribution in [1.29, 1.82) is 0 Å². The molecule has 1 heterocycles. The van der Waals surface area contributed by atoms with Crippen LogP contribution >= 0.6 is 11.8 Å². The first-order valence-electron chi connectivity index (χ1n) is 9.04. The fraction of sp³-hybridized carbons (Fsp3) is 0.286. The number of ketones is 1. The maximum Gasteiger partial charge on any atom is 0.221 e. The number of anilines is 1. The van der Waals surface area contributed by atoms with Gasteiger partial charge in [0, 0.05) is 31.3 Å². The molecule has 27 heavy (non-hydrogen) atoms. The van der Waals surface area contributed by atoms with E-state index in [1.165, 1.54) is 18.7 Å². The van der Waals surface area contributed by atoms with Crippen LogP contribution in [0.2, 0.25) is 0 Å². The average molecular weight is 382 g/mol. The molecule has 5 nitrogen and oxygen atoms in total. The third-order valence-electron chi connectivity index (χ3n) is 4.22. The summed E-state index contributed by atoms with van der Waals surface area (Å²) in [6.45, 7) is 3.43. The number of hydrogen-bond acceptors (Lipinski definition) is 4. The van der Waals surface area contributed by atoms with Gasteiger partial charge in [0.25, 0.3) is 0 Å². The Morgan fingerprint density at radius 1 is 1.04 bits per heavy atom. The molecule has 2 aromatic rings. The summed E-state index contributed by atoms with van der Waals surface area (Å²) in [5.74, 6) is 0.258. The fourth-order valence-corrected chi connectivity index (χ4v) is 3.83. The summed E-state index contributed by atoms with van der Waals surface area (Å²) in [6.07, 6.45) is 2.32. The predicted octanol–water partition coefficient (Wildman–Crippen LogP) is 4.34. The SMILES string of the molecule is CC(=O)Nc1ccc(C(=O)CSC(=Nc2ccccc2)N2CCCC2)cc1. The van der Waals surface area contributed by atoms with Crippen LogP contribution in [0, 0.1) is 0 Å². The van der Waals surface area contributed by atoms with Gasteiger partial charge < -0.3 is 10.2 Å². The van der Waals surface area contributed by atoms with Gasteiger partial charge in [-0.1, -0.05) is 30.0 Å². The zero-order chi connectivity index (χ0) is 19.1. The summed E-state index contributed by atoms with van der Waals surface area (Å²) >= 11 is 1.49. The lowest BCUT2D eigenvalue weighted by molar-refractivity contribution is -0.114. The van der Waals surface area contributed by atoms with Crippen LogP contribution in [0.1, 0.15) is 30.1 Å². The molecule has 0 aromatic heterocycles. The van der Waals surface area contributed by atoms with Crippen molar-refractivity contribution in [2.24, 2.45) is 4.99 Å². The Labute approximate surface area is 163 Å². The Bertz CT molecular complexity index is 813. The van der Waals surface area contributed by atoms with E-state index in [2.05, 4.69) is 10.2 Å². The van der Waals surface area contributed by atoms with Crippen molar-refractivity contribution in [3.8, 4) is 0 Å². The molecule has 1 aliphatic rings. The highest BCUT2D eigenvalue weighted by Crippen LogP contribution is 2.22. The number of rotatable bonds is 5. The number of nitrogens with one attached hydrogen (secondary N) is 1. The molecule has 140 valence electrons. The largest absolute Gasteiger partial charge is 0.351 e. The van der Waals surface area contributed by atoms with Crippen molar-refractivity contribution in [3.05, 3.63) is 60.2 Å². The van der Waals surface area contributed by atoms with Crippen LogP contribution in [-0.4, -0.2) is 40.6 Å². The van der Waals surface area contributed by atoms with Gasteiger partial charge in [0.15, 0.2) is 11.0 Å². The maximum atomic E-state index is 12.6. The van der Waals surface area contributed by atoms with Crippen LogP contribution in [0.15, 0.2) is 59.6 Å². The number of thioether (sulfide) groups is 1. The molecule has 1 amide bonds. The van der Waals surface area contributed by atoms with E-state index >= 15 is 0 Å². The molecule has 2 aromatic carbocycles. The molecule has 6 heteroatoms. The van der Waals surface area contributed by atoms with E-state index in [-0.39, 0.29) is 11.7 Å². The van der Waals surface area contributed by atoms with E-state index in [1.807, 2.05) is 30.3 Å². The van der Waals surface area contributed by atoms with Gasteiger partial charge in [-0.3, -0.25) is 9.59 Å². The van der Waals surface area contributed by atoms with Gasteiger partial charge in [-0.25, -0.2) is 4.99 Å². The van der Waals surface area contributed by atoms with Gasteiger partial charge in [-0.15, -0.1) is 0 Å². The van der Waals surface area contributed by atoms with E-state index in [1.54, 1.807) is 24.3 Å². The van der Waals surface area contributed by atoms with Crippen molar-refractivity contribution >= 4 is 40.0 Å². The number of aliphatic imine (C=N–C) groups is 1. The summed E-state index contributed by atoms with van der Waals surface area (Å²) < 4.78 is 0. The number of Topliss-reactive ketones (excluding diaryl/α,β-unsaturated/α-hetero) is 1. The Morgan fingerprint density at radius 2 is 1.70 bits per heavy atom. The number of amidine groups is 1. The number of carbonyl (C=O) groups excluding carboxylic acids is 2. The lowest BCUT2D eigenvalue weighted by Gasteiger charge is -2.19. The molecule has 1 fully saturated rings. The summed E-state index contributed by atoms with van der Waals surface area (Å²) in [5, 5.41) is 3.61. The lowest BCUT2D eigenvalue weighted by Crippen LogP contribution is -2.26. The standard InChI is InChI=1S/C21H23N3O2S/c1-16(25)22-19-11-9-17(10-12-19)20(26)15-27-21(24-13-5-6-14-24)23-18-7-3-2-4-8-18/h2-4,7-12H,5-6,13-15H2,1H3,(H,22,25). The second-order valence-corrected chi connectivity index (χ2v) is 7.34. The fourth-order valence-electron chi connectivity index (χ4n) is 2.87. The summed E-state index contributed by atoms with van der Waals surface area (Å²) in [4.78, 5) is 30.7. The van der Waals surface area contributed by atoms with Crippen LogP contribution < -0.4 is 5.32 Å². The molecule has 0 radical (unpaired) electrons. The van der Waals surface area contributed by atoms with Crippen LogP contribution in [0.4, 0.5) is 11.4 Å². The lowest BCUT2D eigenvalue weighted by atomic mass is 10.1. The Morgan fingerprint density at radius 3 is 2.33 bits per heavy atom. The van der Waals surface area contributed by atoms with Crippen LogP contribution in [-0.2, 0) is 4.79 Å². The van der Waals surface area contributed by atoms with E-state index in [4.69, 9.17) is 4.99 Å². The Hall–Kier alpha value is -2.60. The van der Waals surface area contributed by atoms with Gasteiger partial charge in [0.2, 0.25) is 5.91 Å². The molecule has 1 saturated heterocycles. The highest BCUT2D eigenvalue weighted by atomic mass is 32.2. The van der Waals surface area contributed by atoms with Crippen LogP contribution in [0.5, 0.6) is 0 Å². The minimum absolute atomic E-state index is 0.0503. The number of hydrogen-bond donors (Lipinski definition) is 1. The van der Waals surface area contributed by atoms with E-state index in [0.717, 1.165) is 36.8 Å². The number of likely N-dealkylation sites (tertiary alicyclic amines) is 1. The van der Waals surface area contributed by atoms with E-state index in [0.29, 0.717) is 17.0 Å². The number of carbonyl (C=O) groups is 2. The number of amides is 1. The maximum absolute atomic E-state index is 12.6. The third kappa shape index (κ3) is 5.69.